The highest BCUT2D eigenvalue weighted by atomic mass is 19.1. The van der Waals surface area contributed by atoms with Crippen molar-refractivity contribution in [3.63, 3.8) is 0 Å². The SMILES string of the molecule is C.CCCCOc1cc(COc2ccc3c(c2)[C@@H](CC(=O)O)CC3)ccc1-c1cc(OC)ccc1F. The van der Waals surface area contributed by atoms with Crippen LogP contribution in [0.4, 0.5) is 4.39 Å². The number of fused-ring (bicyclic) bond motifs is 1. The maximum atomic E-state index is 14.7. The first-order valence-electron chi connectivity index (χ1n) is 12.1. The Bertz CT molecular complexity index is 1190. The van der Waals surface area contributed by atoms with E-state index in [-0.39, 0.29) is 25.6 Å². The number of ether oxygens (including phenoxy) is 3. The number of aryl methyl sites for hydroxylation is 1. The summed E-state index contributed by atoms with van der Waals surface area (Å²) < 4.78 is 32.1. The number of carboxylic acid groups (broad SMARTS) is 1. The van der Waals surface area contributed by atoms with Crippen molar-refractivity contribution >= 4 is 5.97 Å². The molecule has 1 atom stereocenters. The molecule has 4 rings (SSSR count). The number of rotatable bonds is 11. The maximum absolute atomic E-state index is 14.7. The van der Waals surface area contributed by atoms with E-state index >= 15 is 0 Å². The normalized spacial score (nSPS) is 14.0. The lowest BCUT2D eigenvalue weighted by molar-refractivity contribution is -0.137. The molecule has 0 spiro atoms. The van der Waals surface area contributed by atoms with Crippen molar-refractivity contribution in [3.8, 4) is 28.4 Å². The number of carbonyl (C=O) groups is 1. The fourth-order valence-electron chi connectivity index (χ4n) is 4.51. The summed E-state index contributed by atoms with van der Waals surface area (Å²) in [7, 11) is 1.55. The second-order valence-corrected chi connectivity index (χ2v) is 8.86. The Morgan fingerprint density at radius 1 is 1.03 bits per heavy atom. The first kappa shape index (κ1) is 27.1. The van der Waals surface area contributed by atoms with E-state index in [1.807, 2.05) is 36.4 Å². The molecule has 36 heavy (non-hydrogen) atoms. The summed E-state index contributed by atoms with van der Waals surface area (Å²) in [6, 6.07) is 16.2. The predicted octanol–water partition coefficient (Wildman–Crippen LogP) is 7.40. The monoisotopic (exact) mass is 494 g/mol. The Labute approximate surface area is 212 Å². The van der Waals surface area contributed by atoms with Crippen LogP contribution in [-0.2, 0) is 17.8 Å². The van der Waals surface area contributed by atoms with E-state index in [2.05, 4.69) is 6.92 Å². The van der Waals surface area contributed by atoms with Gasteiger partial charge in [-0.1, -0.05) is 39.0 Å². The van der Waals surface area contributed by atoms with Crippen molar-refractivity contribution in [1.82, 2.24) is 0 Å². The first-order valence-corrected chi connectivity index (χ1v) is 12.1. The minimum atomic E-state index is -0.780. The Balaban J connectivity index is 0.00000361. The summed E-state index contributed by atoms with van der Waals surface area (Å²) in [6.45, 7) is 2.94. The van der Waals surface area contributed by atoms with E-state index in [4.69, 9.17) is 14.2 Å². The van der Waals surface area contributed by atoms with Gasteiger partial charge >= 0.3 is 5.97 Å². The number of halogens is 1. The molecule has 0 heterocycles. The molecule has 1 aliphatic rings. The maximum Gasteiger partial charge on any atom is 0.303 e. The van der Waals surface area contributed by atoms with Crippen LogP contribution in [0, 0.1) is 5.82 Å². The van der Waals surface area contributed by atoms with Crippen molar-refractivity contribution in [2.45, 2.75) is 59.0 Å². The predicted molar refractivity (Wildman–Crippen MR) is 140 cm³/mol. The third-order valence-electron chi connectivity index (χ3n) is 6.41. The van der Waals surface area contributed by atoms with E-state index in [1.165, 1.54) is 11.6 Å². The number of hydrogen-bond acceptors (Lipinski definition) is 4. The lowest BCUT2D eigenvalue weighted by Crippen LogP contribution is -2.04. The quantitative estimate of drug-likeness (QED) is 0.281. The number of methoxy groups -OCH3 is 1. The summed E-state index contributed by atoms with van der Waals surface area (Å²) in [5.74, 6) is 0.786. The molecule has 0 bridgehead atoms. The third kappa shape index (κ3) is 6.36. The molecule has 1 N–H and O–H groups in total. The van der Waals surface area contributed by atoms with Crippen LogP contribution < -0.4 is 14.2 Å². The molecule has 0 saturated carbocycles. The molecule has 192 valence electrons. The number of carboxylic acids is 1. The summed E-state index contributed by atoms with van der Waals surface area (Å²) >= 11 is 0. The standard InChI is InChI=1S/C29H31FO5.CH4/c1-3-4-13-34-28-14-19(5-11-24(28)26-16-22(33-2)10-12-27(26)30)18-35-23-9-8-20-6-7-21(15-29(31)32)25(20)17-23;/h5,8-12,14,16-17,21H,3-4,6-7,13,15,18H2,1-2H3,(H,31,32);1H4/t21-;/m1./s1. The molecule has 3 aromatic rings. The van der Waals surface area contributed by atoms with Gasteiger partial charge in [0.15, 0.2) is 0 Å². The highest BCUT2D eigenvalue weighted by Gasteiger charge is 2.25. The van der Waals surface area contributed by atoms with Crippen LogP contribution in [-0.4, -0.2) is 24.8 Å². The molecule has 0 radical (unpaired) electrons. The van der Waals surface area contributed by atoms with Crippen molar-refractivity contribution in [2.24, 2.45) is 0 Å². The highest BCUT2D eigenvalue weighted by Crippen LogP contribution is 2.38. The number of benzene rings is 3. The van der Waals surface area contributed by atoms with Gasteiger partial charge in [-0.25, -0.2) is 4.39 Å². The number of hydrogen-bond donors (Lipinski definition) is 1. The van der Waals surface area contributed by atoms with Crippen LogP contribution in [0.25, 0.3) is 11.1 Å². The largest absolute Gasteiger partial charge is 0.497 e. The van der Waals surface area contributed by atoms with Crippen LogP contribution in [0.5, 0.6) is 17.2 Å². The Kier molecular flexibility index (Phi) is 9.34. The molecular formula is C30H35FO5. The fourth-order valence-corrected chi connectivity index (χ4v) is 4.51. The third-order valence-corrected chi connectivity index (χ3v) is 6.41. The van der Waals surface area contributed by atoms with Crippen LogP contribution in [0.2, 0.25) is 0 Å². The van der Waals surface area contributed by atoms with E-state index in [0.717, 1.165) is 36.8 Å². The number of aliphatic carboxylic acids is 1. The topological polar surface area (TPSA) is 65.0 Å². The summed E-state index contributed by atoms with van der Waals surface area (Å²) in [5.41, 5.74) is 4.24. The van der Waals surface area contributed by atoms with Crippen LogP contribution in [0.3, 0.4) is 0 Å². The minimum Gasteiger partial charge on any atom is -0.497 e. The van der Waals surface area contributed by atoms with Gasteiger partial charge in [-0.15, -0.1) is 0 Å². The molecule has 5 nitrogen and oxygen atoms in total. The van der Waals surface area contributed by atoms with E-state index in [0.29, 0.717) is 41.6 Å². The van der Waals surface area contributed by atoms with Gasteiger partial charge in [0.05, 0.1) is 20.1 Å². The average Bonchev–Trinajstić information content (AvgIpc) is 3.25. The van der Waals surface area contributed by atoms with Crippen LogP contribution in [0.1, 0.15) is 62.6 Å². The van der Waals surface area contributed by atoms with E-state index in [1.54, 1.807) is 19.2 Å². The van der Waals surface area contributed by atoms with Crippen LogP contribution in [0.15, 0.2) is 54.6 Å². The molecule has 1 aliphatic carbocycles. The molecule has 0 aliphatic heterocycles. The molecule has 3 aromatic carbocycles. The smallest absolute Gasteiger partial charge is 0.303 e. The van der Waals surface area contributed by atoms with E-state index in [9.17, 15) is 14.3 Å². The van der Waals surface area contributed by atoms with Gasteiger partial charge in [-0.2, -0.15) is 0 Å². The van der Waals surface area contributed by atoms with E-state index < -0.39 is 5.97 Å². The van der Waals surface area contributed by atoms with Gasteiger partial charge in [-0.3, -0.25) is 4.79 Å². The Morgan fingerprint density at radius 2 is 1.83 bits per heavy atom. The Morgan fingerprint density at radius 3 is 2.58 bits per heavy atom. The summed E-state index contributed by atoms with van der Waals surface area (Å²) in [6.07, 6.45) is 3.78. The first-order chi connectivity index (χ1) is 17.0. The summed E-state index contributed by atoms with van der Waals surface area (Å²) in [5, 5.41) is 9.20. The van der Waals surface area contributed by atoms with Gasteiger partial charge < -0.3 is 19.3 Å². The second kappa shape index (κ2) is 12.4. The van der Waals surface area contributed by atoms with Crippen LogP contribution >= 0.6 is 0 Å². The lowest BCUT2D eigenvalue weighted by Gasteiger charge is -2.16. The van der Waals surface area contributed by atoms with Gasteiger partial charge in [0.1, 0.15) is 29.7 Å². The summed E-state index contributed by atoms with van der Waals surface area (Å²) in [4.78, 5) is 11.2. The molecule has 0 aromatic heterocycles. The fraction of sp³-hybridized carbons (Fsp3) is 0.367. The van der Waals surface area contributed by atoms with Gasteiger partial charge in [-0.05, 0) is 78.3 Å². The molecule has 6 heteroatoms. The van der Waals surface area contributed by atoms with Crippen molar-refractivity contribution in [2.75, 3.05) is 13.7 Å². The van der Waals surface area contributed by atoms with Gasteiger partial charge in [0.25, 0.3) is 0 Å². The average molecular weight is 495 g/mol. The molecular weight excluding hydrogens is 459 g/mol. The molecule has 0 unspecified atom stereocenters. The lowest BCUT2D eigenvalue weighted by atomic mass is 9.98. The van der Waals surface area contributed by atoms with Crippen molar-refractivity contribution in [3.05, 3.63) is 77.1 Å². The minimum absolute atomic E-state index is 0. The van der Waals surface area contributed by atoms with Gasteiger partial charge in [0.2, 0.25) is 0 Å². The zero-order chi connectivity index (χ0) is 24.8. The molecule has 0 amide bonds. The molecule has 0 fully saturated rings. The zero-order valence-electron chi connectivity index (χ0n) is 20.2. The van der Waals surface area contributed by atoms with Crippen molar-refractivity contribution < 1.29 is 28.5 Å². The Hall–Kier alpha value is -3.54. The highest BCUT2D eigenvalue weighted by molar-refractivity contribution is 5.73. The second-order valence-electron chi connectivity index (χ2n) is 8.86. The van der Waals surface area contributed by atoms with Crippen molar-refractivity contribution in [1.29, 1.82) is 0 Å². The molecule has 0 saturated heterocycles. The number of unbranched alkanes of at least 4 members (excludes halogenated alkanes) is 1. The van der Waals surface area contributed by atoms with Gasteiger partial charge in [0, 0.05) is 11.1 Å². The zero-order valence-corrected chi connectivity index (χ0v) is 20.2.